The van der Waals surface area contributed by atoms with Crippen LogP contribution in [0.2, 0.25) is 0 Å². The molecule has 1 aromatic carbocycles. The van der Waals surface area contributed by atoms with Crippen molar-refractivity contribution >= 4 is 32.5 Å². The smallest absolute Gasteiger partial charge is 0.215 e. The van der Waals surface area contributed by atoms with Crippen molar-refractivity contribution in [2.75, 3.05) is 0 Å². The van der Waals surface area contributed by atoms with Crippen LogP contribution in [-0.4, -0.2) is 3.79 Å². The minimum Gasteiger partial charge on any atom is -0.283 e. The molecule has 0 bridgehead atoms. The molecular formula is C9H7IO. The third kappa shape index (κ3) is 3.32. The topological polar surface area (TPSA) is 17.1 Å². The van der Waals surface area contributed by atoms with Gasteiger partial charge in [0.2, 0.25) is 3.79 Å². The second kappa shape index (κ2) is 4.28. The summed E-state index contributed by atoms with van der Waals surface area (Å²) in [6.45, 7) is 0. The SMILES string of the molecule is O=C(I)C=Cc1ccccc1. The van der Waals surface area contributed by atoms with E-state index in [1.165, 1.54) is 0 Å². The molecule has 1 aromatic rings. The highest BCUT2D eigenvalue weighted by Gasteiger charge is 1.85. The minimum atomic E-state index is 0.0476. The average Bonchev–Trinajstić information content (AvgIpc) is 2.03. The molecule has 0 N–H and O–H groups in total. The van der Waals surface area contributed by atoms with Gasteiger partial charge < -0.3 is 0 Å². The molecular weight excluding hydrogens is 251 g/mol. The third-order valence-corrected chi connectivity index (χ3v) is 1.57. The van der Waals surface area contributed by atoms with Crippen molar-refractivity contribution in [3.05, 3.63) is 42.0 Å². The average molecular weight is 258 g/mol. The van der Waals surface area contributed by atoms with Gasteiger partial charge in [0.1, 0.15) is 0 Å². The van der Waals surface area contributed by atoms with Crippen LogP contribution in [0, 0.1) is 0 Å². The zero-order valence-corrected chi connectivity index (χ0v) is 7.99. The predicted molar refractivity (Wildman–Crippen MR) is 54.5 cm³/mol. The first-order chi connectivity index (χ1) is 5.29. The summed E-state index contributed by atoms with van der Waals surface area (Å²) in [6.07, 6.45) is 3.35. The Morgan fingerprint density at radius 3 is 2.45 bits per heavy atom. The van der Waals surface area contributed by atoms with Gasteiger partial charge in [-0.05, 0) is 11.6 Å². The molecule has 56 valence electrons. The summed E-state index contributed by atoms with van der Waals surface area (Å²) in [4.78, 5) is 10.5. The first-order valence-corrected chi connectivity index (χ1v) is 4.29. The molecule has 11 heavy (non-hydrogen) atoms. The van der Waals surface area contributed by atoms with Crippen LogP contribution in [0.25, 0.3) is 6.08 Å². The van der Waals surface area contributed by atoms with E-state index in [9.17, 15) is 4.79 Å². The Bertz CT molecular complexity index is 264. The molecule has 1 rings (SSSR count). The molecule has 0 saturated heterocycles. The summed E-state index contributed by atoms with van der Waals surface area (Å²) in [6, 6.07) is 9.74. The number of carbonyl (C=O) groups excluding carboxylic acids is 1. The summed E-state index contributed by atoms with van der Waals surface area (Å²) in [5, 5.41) is 0. The highest BCUT2D eigenvalue weighted by atomic mass is 127. The molecule has 0 heterocycles. The van der Waals surface area contributed by atoms with E-state index in [4.69, 9.17) is 0 Å². The van der Waals surface area contributed by atoms with Gasteiger partial charge >= 0.3 is 0 Å². The lowest BCUT2D eigenvalue weighted by molar-refractivity contribution is -0.105. The van der Waals surface area contributed by atoms with Crippen molar-refractivity contribution in [1.82, 2.24) is 0 Å². The normalized spacial score (nSPS) is 10.3. The Balaban J connectivity index is 2.72. The van der Waals surface area contributed by atoms with Gasteiger partial charge in [0.05, 0.1) is 0 Å². The molecule has 0 spiro atoms. The molecule has 0 amide bonds. The molecule has 0 aliphatic rings. The highest BCUT2D eigenvalue weighted by Crippen LogP contribution is 2.01. The Labute approximate surface area is 79.3 Å². The van der Waals surface area contributed by atoms with Gasteiger partial charge in [-0.25, -0.2) is 0 Å². The van der Waals surface area contributed by atoms with Crippen molar-refractivity contribution in [3.8, 4) is 0 Å². The summed E-state index contributed by atoms with van der Waals surface area (Å²) < 4.78 is 0.0476. The molecule has 0 atom stereocenters. The fourth-order valence-corrected chi connectivity index (χ4v) is 0.906. The maximum absolute atomic E-state index is 10.5. The molecule has 0 fully saturated rings. The number of halogens is 1. The molecule has 0 aliphatic heterocycles. The highest BCUT2D eigenvalue weighted by molar-refractivity contribution is 14.1. The molecule has 0 aromatic heterocycles. The molecule has 0 aliphatic carbocycles. The third-order valence-electron chi connectivity index (χ3n) is 1.21. The van der Waals surface area contributed by atoms with E-state index in [1.54, 1.807) is 34.7 Å². The number of rotatable bonds is 2. The van der Waals surface area contributed by atoms with Crippen LogP contribution >= 0.6 is 22.6 Å². The second-order valence-corrected chi connectivity index (χ2v) is 3.11. The van der Waals surface area contributed by atoms with Crippen LogP contribution in [0.3, 0.4) is 0 Å². The van der Waals surface area contributed by atoms with Gasteiger partial charge in [-0.15, -0.1) is 0 Å². The zero-order valence-electron chi connectivity index (χ0n) is 5.83. The first kappa shape index (κ1) is 8.46. The number of hydrogen-bond acceptors (Lipinski definition) is 1. The number of hydrogen-bond donors (Lipinski definition) is 0. The van der Waals surface area contributed by atoms with Crippen molar-refractivity contribution in [2.24, 2.45) is 0 Å². The Morgan fingerprint density at radius 2 is 1.91 bits per heavy atom. The number of carbonyl (C=O) groups is 1. The van der Waals surface area contributed by atoms with Crippen LogP contribution in [0.4, 0.5) is 0 Å². The molecule has 0 radical (unpaired) electrons. The molecule has 0 unspecified atom stereocenters. The van der Waals surface area contributed by atoms with Crippen molar-refractivity contribution in [3.63, 3.8) is 0 Å². The Kier molecular flexibility index (Phi) is 3.29. The van der Waals surface area contributed by atoms with Gasteiger partial charge in [0.25, 0.3) is 0 Å². The van der Waals surface area contributed by atoms with E-state index in [1.807, 2.05) is 30.3 Å². The van der Waals surface area contributed by atoms with E-state index in [0.29, 0.717) is 0 Å². The van der Waals surface area contributed by atoms with Gasteiger partial charge in [-0.3, -0.25) is 4.79 Å². The van der Waals surface area contributed by atoms with Crippen LogP contribution in [0.1, 0.15) is 5.56 Å². The van der Waals surface area contributed by atoms with Crippen LogP contribution in [0.5, 0.6) is 0 Å². The standard InChI is InChI=1S/C9H7IO/c10-9(11)7-6-8-4-2-1-3-5-8/h1-7H. The fraction of sp³-hybridized carbons (Fsp3) is 0. The minimum absolute atomic E-state index is 0.0476. The number of benzene rings is 1. The lowest BCUT2D eigenvalue weighted by atomic mass is 10.2. The monoisotopic (exact) mass is 258 g/mol. The van der Waals surface area contributed by atoms with E-state index in [2.05, 4.69) is 0 Å². The second-order valence-electron chi connectivity index (χ2n) is 2.05. The van der Waals surface area contributed by atoms with E-state index >= 15 is 0 Å². The molecule has 0 saturated carbocycles. The van der Waals surface area contributed by atoms with Gasteiger partial charge in [-0.2, -0.15) is 0 Å². The lowest BCUT2D eigenvalue weighted by Gasteiger charge is -1.87. The number of allylic oxidation sites excluding steroid dienone is 1. The Morgan fingerprint density at radius 1 is 1.27 bits per heavy atom. The quantitative estimate of drug-likeness (QED) is 0.452. The van der Waals surface area contributed by atoms with E-state index in [0.717, 1.165) is 5.56 Å². The largest absolute Gasteiger partial charge is 0.283 e. The molecule has 1 nitrogen and oxygen atoms in total. The van der Waals surface area contributed by atoms with Crippen molar-refractivity contribution < 1.29 is 4.79 Å². The lowest BCUT2D eigenvalue weighted by Crippen LogP contribution is -1.74. The van der Waals surface area contributed by atoms with E-state index < -0.39 is 0 Å². The van der Waals surface area contributed by atoms with Gasteiger partial charge in [-0.1, -0.05) is 36.4 Å². The van der Waals surface area contributed by atoms with Crippen LogP contribution in [0.15, 0.2) is 36.4 Å². The van der Waals surface area contributed by atoms with Crippen LogP contribution < -0.4 is 0 Å². The summed E-state index contributed by atoms with van der Waals surface area (Å²) in [5.74, 6) is 0. The molecule has 2 heteroatoms. The van der Waals surface area contributed by atoms with Crippen molar-refractivity contribution in [1.29, 1.82) is 0 Å². The van der Waals surface area contributed by atoms with Gasteiger partial charge in [0.15, 0.2) is 0 Å². The Hall–Kier alpha value is -0.640. The van der Waals surface area contributed by atoms with Gasteiger partial charge in [0, 0.05) is 22.6 Å². The first-order valence-electron chi connectivity index (χ1n) is 3.21. The summed E-state index contributed by atoms with van der Waals surface area (Å²) in [7, 11) is 0. The fourth-order valence-electron chi connectivity index (χ4n) is 0.726. The van der Waals surface area contributed by atoms with Crippen LogP contribution in [-0.2, 0) is 4.79 Å². The summed E-state index contributed by atoms with van der Waals surface area (Å²) in [5.41, 5.74) is 1.05. The zero-order chi connectivity index (χ0) is 8.10. The maximum atomic E-state index is 10.5. The summed E-state index contributed by atoms with van der Waals surface area (Å²) >= 11 is 1.74. The van der Waals surface area contributed by atoms with Crippen molar-refractivity contribution in [2.45, 2.75) is 0 Å². The predicted octanol–water partition coefficient (Wildman–Crippen LogP) is 2.66. The maximum Gasteiger partial charge on any atom is 0.215 e. The van der Waals surface area contributed by atoms with E-state index in [-0.39, 0.29) is 3.79 Å².